The zero-order valence-electron chi connectivity index (χ0n) is 48.3. The highest BCUT2D eigenvalue weighted by atomic mass is 16.6. The van der Waals surface area contributed by atoms with Crippen molar-refractivity contribution in [2.45, 2.75) is 374 Å². The Hall–Kier alpha value is -1.85. The van der Waals surface area contributed by atoms with Gasteiger partial charge < -0.3 is 14.2 Å². The molecule has 0 saturated heterocycles. The molecule has 6 nitrogen and oxygen atoms in total. The molecule has 0 bridgehead atoms. The molecule has 0 aliphatic heterocycles. The fourth-order valence-electron chi connectivity index (χ4n) is 9.91. The lowest BCUT2D eigenvalue weighted by molar-refractivity contribution is -0.167. The maximum atomic E-state index is 12.9. The first-order valence-electron chi connectivity index (χ1n) is 32.2. The highest BCUT2D eigenvalue weighted by molar-refractivity contribution is 5.71. The summed E-state index contributed by atoms with van der Waals surface area (Å²) in [6.07, 6.45) is 70.7. The SMILES string of the molecule is CCCCCCCCCC/C=C\CCCCCCCCCCCCCC(=O)OCC(COC(=O)CCCCCCCCCCCCCCC)OC(=O)CCCCCCCCCCCCCCCCCCC. The topological polar surface area (TPSA) is 78.9 Å². The first kappa shape index (κ1) is 69.2. The highest BCUT2D eigenvalue weighted by Crippen LogP contribution is 2.18. The Morgan fingerprint density at radius 3 is 0.704 bits per heavy atom. The molecule has 0 fully saturated rings. The van der Waals surface area contributed by atoms with Gasteiger partial charge in [0.25, 0.3) is 0 Å². The van der Waals surface area contributed by atoms with E-state index >= 15 is 0 Å². The zero-order valence-corrected chi connectivity index (χ0v) is 48.3. The van der Waals surface area contributed by atoms with E-state index in [0.717, 1.165) is 57.8 Å². The summed E-state index contributed by atoms with van der Waals surface area (Å²) < 4.78 is 16.9. The van der Waals surface area contributed by atoms with Gasteiger partial charge in [0.2, 0.25) is 0 Å². The lowest BCUT2D eigenvalue weighted by Crippen LogP contribution is -2.30. The first-order chi connectivity index (χ1) is 35.0. The highest BCUT2D eigenvalue weighted by Gasteiger charge is 2.19. The lowest BCUT2D eigenvalue weighted by atomic mass is 10.0. The summed E-state index contributed by atoms with van der Waals surface area (Å²) in [6, 6.07) is 0. The minimum Gasteiger partial charge on any atom is -0.462 e. The Labute approximate surface area is 443 Å². The van der Waals surface area contributed by atoms with Crippen LogP contribution in [0.5, 0.6) is 0 Å². The maximum absolute atomic E-state index is 12.9. The first-order valence-corrected chi connectivity index (χ1v) is 32.2. The van der Waals surface area contributed by atoms with Gasteiger partial charge in [0, 0.05) is 19.3 Å². The number of rotatable bonds is 60. The smallest absolute Gasteiger partial charge is 0.306 e. The molecule has 0 spiro atoms. The molecular weight excluding hydrogens is 877 g/mol. The Kier molecular flexibility index (Phi) is 59.1. The van der Waals surface area contributed by atoms with E-state index < -0.39 is 6.10 Å². The van der Waals surface area contributed by atoms with Crippen molar-refractivity contribution < 1.29 is 28.6 Å². The van der Waals surface area contributed by atoms with Crippen molar-refractivity contribution in [3.05, 3.63) is 12.2 Å². The summed E-state index contributed by atoms with van der Waals surface area (Å²) in [7, 11) is 0. The third-order valence-electron chi connectivity index (χ3n) is 14.8. The van der Waals surface area contributed by atoms with Crippen LogP contribution in [0, 0.1) is 0 Å². The van der Waals surface area contributed by atoms with Crippen LogP contribution in [0.2, 0.25) is 0 Å². The number of hydrogen-bond acceptors (Lipinski definition) is 6. The molecule has 1 unspecified atom stereocenters. The van der Waals surface area contributed by atoms with Crippen molar-refractivity contribution in [1.29, 1.82) is 0 Å². The summed E-state index contributed by atoms with van der Waals surface area (Å²) in [4.78, 5) is 38.3. The van der Waals surface area contributed by atoms with E-state index in [1.807, 2.05) is 0 Å². The Morgan fingerprint density at radius 2 is 0.465 bits per heavy atom. The summed E-state index contributed by atoms with van der Waals surface area (Å²) in [5, 5.41) is 0. The number of ether oxygens (including phenoxy) is 3. The van der Waals surface area contributed by atoms with Gasteiger partial charge in [-0.15, -0.1) is 0 Å². The van der Waals surface area contributed by atoms with Crippen molar-refractivity contribution in [3.8, 4) is 0 Å². The molecule has 6 heteroatoms. The Balaban J connectivity index is 4.24. The van der Waals surface area contributed by atoms with Crippen molar-refractivity contribution >= 4 is 17.9 Å². The van der Waals surface area contributed by atoms with Gasteiger partial charge in [0.1, 0.15) is 13.2 Å². The van der Waals surface area contributed by atoms with Crippen molar-refractivity contribution in [2.24, 2.45) is 0 Å². The minimum absolute atomic E-state index is 0.0634. The number of esters is 3. The molecule has 0 aliphatic rings. The van der Waals surface area contributed by atoms with E-state index in [1.165, 1.54) is 270 Å². The fourth-order valence-corrected chi connectivity index (χ4v) is 9.91. The van der Waals surface area contributed by atoms with Gasteiger partial charge in [0.05, 0.1) is 0 Å². The molecule has 1 atom stereocenters. The quantitative estimate of drug-likeness (QED) is 0.0261. The molecule has 0 saturated carbocycles. The van der Waals surface area contributed by atoms with Gasteiger partial charge in [-0.1, -0.05) is 315 Å². The summed E-state index contributed by atoms with van der Waals surface area (Å²) in [6.45, 7) is 6.71. The third kappa shape index (κ3) is 58.9. The monoisotopic (exact) mass is 1000 g/mol. The molecule has 0 rings (SSSR count). The molecule has 0 heterocycles. The number of allylic oxidation sites excluding steroid dienone is 2. The minimum atomic E-state index is -0.765. The second kappa shape index (κ2) is 60.7. The fraction of sp³-hybridized carbons (Fsp3) is 0.923. The Morgan fingerprint density at radius 1 is 0.268 bits per heavy atom. The molecule has 0 aromatic carbocycles. The molecule has 0 aromatic rings. The molecule has 0 N–H and O–H groups in total. The van der Waals surface area contributed by atoms with Crippen LogP contribution in [0.1, 0.15) is 367 Å². The van der Waals surface area contributed by atoms with Gasteiger partial charge in [0.15, 0.2) is 6.10 Å². The molecule has 0 radical (unpaired) electrons. The van der Waals surface area contributed by atoms with Crippen LogP contribution in [0.4, 0.5) is 0 Å². The van der Waals surface area contributed by atoms with E-state index in [0.29, 0.717) is 19.3 Å². The largest absolute Gasteiger partial charge is 0.462 e. The van der Waals surface area contributed by atoms with Crippen LogP contribution in [-0.4, -0.2) is 37.2 Å². The average molecular weight is 1000 g/mol. The molecule has 71 heavy (non-hydrogen) atoms. The van der Waals surface area contributed by atoms with E-state index in [9.17, 15) is 14.4 Å². The van der Waals surface area contributed by atoms with Crippen LogP contribution >= 0.6 is 0 Å². The number of carbonyl (C=O) groups excluding carboxylic acids is 3. The van der Waals surface area contributed by atoms with Gasteiger partial charge in [-0.2, -0.15) is 0 Å². The van der Waals surface area contributed by atoms with E-state index in [1.54, 1.807) is 0 Å². The molecule has 0 amide bonds. The van der Waals surface area contributed by atoms with Crippen LogP contribution in [0.3, 0.4) is 0 Å². The molecule has 0 aliphatic carbocycles. The molecular formula is C65H124O6. The molecule has 420 valence electrons. The normalized spacial score (nSPS) is 12.0. The average Bonchev–Trinajstić information content (AvgIpc) is 3.37. The van der Waals surface area contributed by atoms with E-state index in [-0.39, 0.29) is 31.1 Å². The summed E-state index contributed by atoms with van der Waals surface area (Å²) in [5.74, 6) is -0.834. The summed E-state index contributed by atoms with van der Waals surface area (Å²) >= 11 is 0. The second-order valence-electron chi connectivity index (χ2n) is 22.0. The maximum Gasteiger partial charge on any atom is 0.306 e. The zero-order chi connectivity index (χ0) is 51.4. The van der Waals surface area contributed by atoms with E-state index in [4.69, 9.17) is 14.2 Å². The van der Waals surface area contributed by atoms with Crippen molar-refractivity contribution in [1.82, 2.24) is 0 Å². The van der Waals surface area contributed by atoms with Crippen LogP contribution < -0.4 is 0 Å². The molecule has 0 aromatic heterocycles. The van der Waals surface area contributed by atoms with Gasteiger partial charge >= 0.3 is 17.9 Å². The van der Waals surface area contributed by atoms with Crippen LogP contribution in [0.15, 0.2) is 12.2 Å². The van der Waals surface area contributed by atoms with Crippen LogP contribution in [0.25, 0.3) is 0 Å². The predicted molar refractivity (Wildman–Crippen MR) is 307 cm³/mol. The predicted octanol–water partition coefficient (Wildman–Crippen LogP) is 21.7. The second-order valence-corrected chi connectivity index (χ2v) is 22.0. The lowest BCUT2D eigenvalue weighted by Gasteiger charge is -2.18. The van der Waals surface area contributed by atoms with Gasteiger partial charge in [-0.05, 0) is 44.9 Å². The number of carbonyl (C=O) groups is 3. The number of unbranched alkanes of at least 4 members (excludes halogenated alkanes) is 47. The Bertz CT molecular complexity index is 1100. The third-order valence-corrected chi connectivity index (χ3v) is 14.8. The van der Waals surface area contributed by atoms with Crippen molar-refractivity contribution in [2.75, 3.05) is 13.2 Å². The van der Waals surface area contributed by atoms with Gasteiger partial charge in [-0.25, -0.2) is 0 Å². The van der Waals surface area contributed by atoms with E-state index in [2.05, 4.69) is 32.9 Å². The summed E-state index contributed by atoms with van der Waals surface area (Å²) in [5.41, 5.74) is 0. The van der Waals surface area contributed by atoms with Crippen molar-refractivity contribution in [3.63, 3.8) is 0 Å². The number of hydrogen-bond donors (Lipinski definition) is 0. The standard InChI is InChI=1S/C65H124O6/c1-4-7-10-13-16-19-22-25-27-29-30-31-32-33-34-36-37-40-43-46-49-52-55-58-64(67)70-61-62(60-69-63(66)57-54-51-48-45-42-39-24-21-18-15-12-9-6-3)71-65(68)59-56-53-50-47-44-41-38-35-28-26-23-20-17-14-11-8-5-2/h29-30,62H,4-28,31-61H2,1-3H3/b30-29-. The van der Waals surface area contributed by atoms with Gasteiger partial charge in [-0.3, -0.25) is 14.4 Å². The van der Waals surface area contributed by atoms with Crippen LogP contribution in [-0.2, 0) is 28.6 Å².